The third-order valence-electron chi connectivity index (χ3n) is 2.96. The third-order valence-corrected chi connectivity index (χ3v) is 2.96. The van der Waals surface area contributed by atoms with Crippen LogP contribution >= 0.6 is 0 Å². The number of rotatable bonds is 3. The highest BCUT2D eigenvalue weighted by Crippen LogP contribution is 2.29. The molecule has 16 heavy (non-hydrogen) atoms. The van der Waals surface area contributed by atoms with Crippen molar-refractivity contribution in [2.75, 3.05) is 0 Å². The fourth-order valence-electron chi connectivity index (χ4n) is 1.62. The number of carboxylic acid groups (broad SMARTS) is 1. The van der Waals surface area contributed by atoms with Gasteiger partial charge in [0, 0.05) is 0 Å². The average Bonchev–Trinajstić information content (AvgIpc) is 2.19. The second kappa shape index (κ2) is 4.16. The zero-order valence-corrected chi connectivity index (χ0v) is 10.2. The van der Waals surface area contributed by atoms with E-state index in [-0.39, 0.29) is 5.75 Å². The van der Waals surface area contributed by atoms with Crippen LogP contribution in [0.3, 0.4) is 0 Å². The van der Waals surface area contributed by atoms with Crippen LogP contribution in [0.25, 0.3) is 0 Å². The molecule has 1 rings (SSSR count). The van der Waals surface area contributed by atoms with E-state index in [2.05, 4.69) is 0 Å². The molecule has 0 saturated carbocycles. The van der Waals surface area contributed by atoms with Crippen molar-refractivity contribution in [2.45, 2.75) is 34.1 Å². The first-order valence-corrected chi connectivity index (χ1v) is 5.27. The number of benzene rings is 1. The second-order valence-electron chi connectivity index (χ2n) is 4.88. The molecule has 0 radical (unpaired) electrons. The minimum Gasteiger partial charge on any atom is -0.507 e. The Hall–Kier alpha value is -1.51. The molecule has 0 aromatic heterocycles. The number of aliphatic carboxylic acids is 1. The lowest BCUT2D eigenvalue weighted by atomic mass is 9.84. The lowest BCUT2D eigenvalue weighted by Crippen LogP contribution is -2.26. The van der Waals surface area contributed by atoms with Gasteiger partial charge in [-0.1, -0.05) is 12.1 Å². The summed E-state index contributed by atoms with van der Waals surface area (Å²) in [7, 11) is 0. The fourth-order valence-corrected chi connectivity index (χ4v) is 1.62. The molecule has 0 unspecified atom stereocenters. The molecule has 0 aliphatic rings. The van der Waals surface area contributed by atoms with Gasteiger partial charge in [-0.15, -0.1) is 0 Å². The van der Waals surface area contributed by atoms with Gasteiger partial charge in [0.05, 0.1) is 5.41 Å². The highest BCUT2D eigenvalue weighted by molar-refractivity contribution is 5.74. The molecule has 1 aromatic rings. The van der Waals surface area contributed by atoms with Gasteiger partial charge in [0.15, 0.2) is 0 Å². The Bertz CT molecular complexity index is 419. The molecule has 2 N–H and O–H groups in total. The normalized spacial score (nSPS) is 11.5. The molecule has 3 heteroatoms. The van der Waals surface area contributed by atoms with E-state index >= 15 is 0 Å². The number of phenolic OH excluding ortho intramolecular Hbond substituents is 1. The van der Waals surface area contributed by atoms with E-state index in [0.29, 0.717) is 6.42 Å². The van der Waals surface area contributed by atoms with Gasteiger partial charge in [-0.05, 0) is 50.8 Å². The Morgan fingerprint density at radius 3 is 2.38 bits per heavy atom. The smallest absolute Gasteiger partial charge is 0.309 e. The Morgan fingerprint density at radius 1 is 1.31 bits per heavy atom. The summed E-state index contributed by atoms with van der Waals surface area (Å²) in [6.45, 7) is 7.02. The van der Waals surface area contributed by atoms with Gasteiger partial charge in [-0.3, -0.25) is 4.79 Å². The molecule has 0 fully saturated rings. The van der Waals surface area contributed by atoms with Gasteiger partial charge in [-0.2, -0.15) is 0 Å². The zero-order valence-electron chi connectivity index (χ0n) is 10.2. The maximum atomic E-state index is 11.0. The molecule has 1 aromatic carbocycles. The second-order valence-corrected chi connectivity index (χ2v) is 4.88. The number of aromatic hydroxyl groups is 1. The number of carboxylic acids is 1. The third kappa shape index (κ3) is 2.35. The Balaban J connectivity index is 3.08. The van der Waals surface area contributed by atoms with E-state index < -0.39 is 11.4 Å². The largest absolute Gasteiger partial charge is 0.507 e. The summed E-state index contributed by atoms with van der Waals surface area (Å²) in [5, 5.41) is 18.8. The first kappa shape index (κ1) is 12.6. The first-order chi connectivity index (χ1) is 7.25. The van der Waals surface area contributed by atoms with Crippen LogP contribution in [0.4, 0.5) is 0 Å². The van der Waals surface area contributed by atoms with Crippen LogP contribution in [0, 0.1) is 19.3 Å². The Morgan fingerprint density at radius 2 is 1.88 bits per heavy atom. The molecule has 3 nitrogen and oxygen atoms in total. The first-order valence-electron chi connectivity index (χ1n) is 5.27. The molecule has 0 spiro atoms. The van der Waals surface area contributed by atoms with Crippen molar-refractivity contribution in [2.24, 2.45) is 5.41 Å². The Labute approximate surface area is 95.7 Å². The van der Waals surface area contributed by atoms with E-state index in [0.717, 1.165) is 16.7 Å². The van der Waals surface area contributed by atoms with E-state index in [1.165, 1.54) is 0 Å². The van der Waals surface area contributed by atoms with Crippen molar-refractivity contribution >= 4 is 5.97 Å². The molecule has 0 aliphatic heterocycles. The van der Waals surface area contributed by atoms with E-state index in [1.807, 2.05) is 26.0 Å². The van der Waals surface area contributed by atoms with Crippen LogP contribution in [0.5, 0.6) is 5.75 Å². The van der Waals surface area contributed by atoms with Crippen molar-refractivity contribution in [3.05, 3.63) is 28.8 Å². The van der Waals surface area contributed by atoms with Crippen molar-refractivity contribution in [3.8, 4) is 5.75 Å². The number of aryl methyl sites for hydroxylation is 1. The molecule has 0 aliphatic carbocycles. The van der Waals surface area contributed by atoms with Crippen LogP contribution in [0.15, 0.2) is 12.1 Å². The molecule has 88 valence electrons. The summed E-state index contributed by atoms with van der Waals surface area (Å²) >= 11 is 0. The van der Waals surface area contributed by atoms with Crippen LogP contribution in [-0.2, 0) is 11.2 Å². The standard InChI is InChI=1S/C13H18O3/c1-8-5-6-10(9(2)11(8)14)7-13(3,4)12(15)16/h5-6,14H,7H2,1-4H3,(H,15,16). The summed E-state index contributed by atoms with van der Waals surface area (Å²) in [6, 6.07) is 3.70. The predicted molar refractivity (Wildman–Crippen MR) is 62.7 cm³/mol. The minimum absolute atomic E-state index is 0.263. The average molecular weight is 222 g/mol. The molecular weight excluding hydrogens is 204 g/mol. The summed E-state index contributed by atoms with van der Waals surface area (Å²) in [4.78, 5) is 11.0. The monoisotopic (exact) mass is 222 g/mol. The minimum atomic E-state index is -0.827. The molecule has 0 saturated heterocycles. The van der Waals surface area contributed by atoms with Crippen LogP contribution in [0.2, 0.25) is 0 Å². The van der Waals surface area contributed by atoms with Gasteiger partial charge in [0.2, 0.25) is 0 Å². The molecule has 0 atom stereocenters. The van der Waals surface area contributed by atoms with E-state index in [9.17, 15) is 9.90 Å². The predicted octanol–water partition coefficient (Wildman–Crippen LogP) is 2.66. The highest BCUT2D eigenvalue weighted by Gasteiger charge is 2.28. The summed E-state index contributed by atoms with van der Waals surface area (Å²) in [5.41, 5.74) is 1.66. The van der Waals surface area contributed by atoms with Gasteiger partial charge < -0.3 is 10.2 Å². The number of hydrogen-bond donors (Lipinski definition) is 2. The molecule has 0 amide bonds. The number of phenols is 1. The number of hydrogen-bond acceptors (Lipinski definition) is 2. The van der Waals surface area contributed by atoms with Crippen LogP contribution in [0.1, 0.15) is 30.5 Å². The van der Waals surface area contributed by atoms with Gasteiger partial charge in [-0.25, -0.2) is 0 Å². The molecule has 0 bridgehead atoms. The molecule has 0 heterocycles. The SMILES string of the molecule is Cc1ccc(CC(C)(C)C(=O)O)c(C)c1O. The van der Waals surface area contributed by atoms with E-state index in [1.54, 1.807) is 13.8 Å². The zero-order chi connectivity index (χ0) is 12.5. The fraction of sp³-hybridized carbons (Fsp3) is 0.462. The van der Waals surface area contributed by atoms with Crippen molar-refractivity contribution in [1.82, 2.24) is 0 Å². The summed E-state index contributed by atoms with van der Waals surface area (Å²) in [5.74, 6) is -0.564. The van der Waals surface area contributed by atoms with Crippen molar-refractivity contribution in [3.63, 3.8) is 0 Å². The maximum Gasteiger partial charge on any atom is 0.309 e. The molecular formula is C13H18O3. The van der Waals surface area contributed by atoms with Crippen molar-refractivity contribution in [1.29, 1.82) is 0 Å². The lowest BCUT2D eigenvalue weighted by molar-refractivity contribution is -0.146. The van der Waals surface area contributed by atoms with Crippen LogP contribution < -0.4 is 0 Å². The van der Waals surface area contributed by atoms with Gasteiger partial charge in [0.1, 0.15) is 5.75 Å². The number of carbonyl (C=O) groups is 1. The lowest BCUT2D eigenvalue weighted by Gasteiger charge is -2.21. The Kier molecular flexibility index (Phi) is 3.27. The summed E-state index contributed by atoms with van der Waals surface area (Å²) in [6.07, 6.45) is 0.419. The van der Waals surface area contributed by atoms with Gasteiger partial charge in [0.25, 0.3) is 0 Å². The maximum absolute atomic E-state index is 11.0. The van der Waals surface area contributed by atoms with Crippen LogP contribution in [-0.4, -0.2) is 16.2 Å². The quantitative estimate of drug-likeness (QED) is 0.826. The van der Waals surface area contributed by atoms with Gasteiger partial charge >= 0.3 is 5.97 Å². The summed E-state index contributed by atoms with van der Waals surface area (Å²) < 4.78 is 0. The topological polar surface area (TPSA) is 57.5 Å². The highest BCUT2D eigenvalue weighted by atomic mass is 16.4. The van der Waals surface area contributed by atoms with Crippen molar-refractivity contribution < 1.29 is 15.0 Å². The van der Waals surface area contributed by atoms with E-state index in [4.69, 9.17) is 5.11 Å².